The molecule has 5 aromatic rings. The van der Waals surface area contributed by atoms with Gasteiger partial charge in [-0.1, -0.05) is 6.07 Å². The average Bonchev–Trinajstić information content (AvgIpc) is 3.29. The second-order valence-corrected chi connectivity index (χ2v) is 9.44. The molecule has 0 radical (unpaired) electrons. The van der Waals surface area contributed by atoms with E-state index >= 15 is 0 Å². The van der Waals surface area contributed by atoms with Gasteiger partial charge in [0.1, 0.15) is 6.61 Å². The van der Waals surface area contributed by atoms with Gasteiger partial charge in [-0.3, -0.25) is 0 Å². The van der Waals surface area contributed by atoms with E-state index in [0.717, 1.165) is 27.9 Å². The fourth-order valence-electron chi connectivity index (χ4n) is 4.41. The van der Waals surface area contributed by atoms with Crippen LogP contribution in [-0.2, 0) is 6.18 Å². The van der Waals surface area contributed by atoms with Crippen molar-refractivity contribution >= 4 is 44.9 Å². The minimum absolute atomic E-state index is 0.00790. The number of hydrogen-bond donors (Lipinski definition) is 2. The van der Waals surface area contributed by atoms with Crippen LogP contribution in [0.3, 0.4) is 0 Å². The summed E-state index contributed by atoms with van der Waals surface area (Å²) < 4.78 is 48.2. The first-order valence-electron chi connectivity index (χ1n) is 11.9. The number of carboxylic acids is 1. The van der Waals surface area contributed by atoms with Gasteiger partial charge in [-0.2, -0.15) is 23.3 Å². The molecule has 2 N–H and O–H groups in total. The zero-order valence-corrected chi connectivity index (χ0v) is 21.5. The monoisotopic (exact) mass is 539 g/mol. The lowest BCUT2D eigenvalue weighted by Crippen LogP contribution is -2.20. The Balaban J connectivity index is 1.82. The summed E-state index contributed by atoms with van der Waals surface area (Å²) in [5.41, 5.74) is 1.13. The predicted octanol–water partition coefficient (Wildman–Crippen LogP) is 4.84. The summed E-state index contributed by atoms with van der Waals surface area (Å²) in [5, 5.41) is 17.2. The zero-order chi connectivity index (χ0) is 28.1. The topological polar surface area (TPSA) is 118 Å². The number of ether oxygens (including phenoxy) is 1. The van der Waals surface area contributed by atoms with E-state index in [1.165, 1.54) is 6.20 Å². The molecule has 0 saturated carbocycles. The molecule has 0 saturated heterocycles. The summed E-state index contributed by atoms with van der Waals surface area (Å²) in [6, 6.07) is 6.56. The normalized spacial score (nSPS) is 12.1. The van der Waals surface area contributed by atoms with Crippen molar-refractivity contribution in [3.05, 3.63) is 59.0 Å². The number of likely N-dealkylation sites (N-methyl/N-ethyl adjacent to an activating group) is 1. The molecule has 10 nitrogen and oxygen atoms in total. The zero-order valence-electron chi connectivity index (χ0n) is 21.5. The molecule has 0 bridgehead atoms. The van der Waals surface area contributed by atoms with E-state index < -0.39 is 17.8 Å². The SMILES string of the molecule is Cc1cc(C)cc(Nc2ncc3c4c(OCCN(C)C)ncc(C(=O)O)c4c4cc(C(F)(F)F)nn4c3n2)c1. The maximum Gasteiger partial charge on any atom is 0.435 e. The third-order valence-corrected chi connectivity index (χ3v) is 6.02. The van der Waals surface area contributed by atoms with Gasteiger partial charge in [0, 0.05) is 30.0 Å². The second-order valence-electron chi connectivity index (χ2n) is 9.44. The molecule has 0 aliphatic heterocycles. The van der Waals surface area contributed by atoms with Crippen molar-refractivity contribution in [1.29, 1.82) is 0 Å². The summed E-state index contributed by atoms with van der Waals surface area (Å²) in [6.45, 7) is 4.59. The minimum atomic E-state index is -4.78. The number of carbonyl (C=O) groups is 1. The first-order valence-corrected chi connectivity index (χ1v) is 11.9. The number of anilines is 2. The molecule has 0 fully saturated rings. The Morgan fingerprint density at radius 2 is 1.79 bits per heavy atom. The first-order chi connectivity index (χ1) is 18.4. The lowest BCUT2D eigenvalue weighted by atomic mass is 10.0. The highest BCUT2D eigenvalue weighted by molar-refractivity contribution is 6.20. The standard InChI is InChI=1S/C26H24F3N7O3/c1-13-7-14(2)9-15(8-13)32-25-31-11-16-21-20(17(24(37)38)12-30-23(21)39-6-5-35(3)4)18-10-19(26(27,28)29)34-36(18)22(16)33-25/h7-12H,5-6H2,1-4H3,(H,37,38)(H,31,32,33). The molecule has 5 rings (SSSR count). The molecule has 0 amide bonds. The van der Waals surface area contributed by atoms with Gasteiger partial charge in [0.25, 0.3) is 0 Å². The Labute approximate surface area is 220 Å². The van der Waals surface area contributed by atoms with Crippen LogP contribution >= 0.6 is 0 Å². The van der Waals surface area contributed by atoms with Crippen molar-refractivity contribution in [2.45, 2.75) is 20.0 Å². The van der Waals surface area contributed by atoms with Crippen molar-refractivity contribution in [2.75, 3.05) is 32.6 Å². The van der Waals surface area contributed by atoms with Gasteiger partial charge in [0.15, 0.2) is 11.3 Å². The van der Waals surface area contributed by atoms with Gasteiger partial charge in [-0.15, -0.1) is 0 Å². The minimum Gasteiger partial charge on any atom is -0.478 e. The number of hydrogen-bond acceptors (Lipinski definition) is 8. The summed E-state index contributed by atoms with van der Waals surface area (Å²) in [7, 11) is 3.70. The molecule has 202 valence electrons. The van der Waals surface area contributed by atoms with Crippen LogP contribution in [-0.4, -0.2) is 67.8 Å². The number of aryl methyl sites for hydroxylation is 2. The third kappa shape index (κ3) is 5.00. The number of aromatic carboxylic acids is 1. The molecule has 0 unspecified atom stereocenters. The summed E-state index contributed by atoms with van der Waals surface area (Å²) >= 11 is 0. The number of halogens is 3. The highest BCUT2D eigenvalue weighted by atomic mass is 19.4. The van der Waals surface area contributed by atoms with Crippen LogP contribution in [0.25, 0.3) is 27.3 Å². The van der Waals surface area contributed by atoms with Crippen molar-refractivity contribution in [3.8, 4) is 5.88 Å². The van der Waals surface area contributed by atoms with Gasteiger partial charge < -0.3 is 20.1 Å². The Hall–Kier alpha value is -4.52. The fourth-order valence-corrected chi connectivity index (χ4v) is 4.41. The van der Waals surface area contributed by atoms with Crippen molar-refractivity contribution in [3.63, 3.8) is 0 Å². The van der Waals surface area contributed by atoms with Crippen LogP contribution in [0, 0.1) is 13.8 Å². The molecular weight excluding hydrogens is 515 g/mol. The summed E-state index contributed by atoms with van der Waals surface area (Å²) in [6.07, 6.45) is -2.31. The Morgan fingerprint density at radius 1 is 1.08 bits per heavy atom. The molecular formula is C26H24F3N7O3. The van der Waals surface area contributed by atoms with Gasteiger partial charge in [0.05, 0.1) is 21.9 Å². The molecule has 0 atom stereocenters. The number of alkyl halides is 3. The molecule has 13 heteroatoms. The molecule has 39 heavy (non-hydrogen) atoms. The Morgan fingerprint density at radius 3 is 2.44 bits per heavy atom. The molecule has 0 aliphatic rings. The summed E-state index contributed by atoms with van der Waals surface area (Å²) in [5.74, 6) is -1.19. The molecule has 4 heterocycles. The largest absolute Gasteiger partial charge is 0.478 e. The molecule has 0 aliphatic carbocycles. The number of carboxylic acid groups (broad SMARTS) is 1. The first kappa shape index (κ1) is 26.1. The third-order valence-electron chi connectivity index (χ3n) is 6.02. The number of nitrogens with one attached hydrogen (secondary N) is 1. The highest BCUT2D eigenvalue weighted by Crippen LogP contribution is 2.39. The van der Waals surface area contributed by atoms with Gasteiger partial charge in [0.2, 0.25) is 11.8 Å². The number of benzene rings is 1. The Kier molecular flexibility index (Phi) is 6.46. The van der Waals surface area contributed by atoms with Gasteiger partial charge >= 0.3 is 12.1 Å². The Bertz CT molecular complexity index is 1730. The second kappa shape index (κ2) is 9.66. The fraction of sp³-hybridized carbons (Fsp3) is 0.269. The maximum atomic E-state index is 13.8. The lowest BCUT2D eigenvalue weighted by Gasteiger charge is -2.15. The molecule has 1 aromatic carbocycles. The van der Waals surface area contributed by atoms with Gasteiger partial charge in [-0.05, 0) is 57.3 Å². The smallest absolute Gasteiger partial charge is 0.435 e. The van der Waals surface area contributed by atoms with E-state index in [-0.39, 0.29) is 51.3 Å². The van der Waals surface area contributed by atoms with E-state index in [1.807, 2.05) is 51.0 Å². The number of aromatic nitrogens is 5. The lowest BCUT2D eigenvalue weighted by molar-refractivity contribution is -0.141. The number of fused-ring (bicyclic) bond motifs is 6. The number of pyridine rings is 2. The average molecular weight is 540 g/mol. The van der Waals surface area contributed by atoms with Crippen molar-refractivity contribution in [1.82, 2.24) is 29.5 Å². The van der Waals surface area contributed by atoms with Crippen LogP contribution in [0.2, 0.25) is 0 Å². The molecule has 0 spiro atoms. The van der Waals surface area contributed by atoms with E-state index in [1.54, 1.807) is 0 Å². The maximum absolute atomic E-state index is 13.8. The highest BCUT2D eigenvalue weighted by Gasteiger charge is 2.35. The number of rotatable bonds is 7. The van der Waals surface area contributed by atoms with Gasteiger partial charge in [-0.25, -0.2) is 19.3 Å². The van der Waals surface area contributed by atoms with E-state index in [2.05, 4.69) is 25.4 Å². The van der Waals surface area contributed by atoms with Crippen molar-refractivity contribution < 1.29 is 27.8 Å². The molecule has 4 aromatic heterocycles. The van der Waals surface area contributed by atoms with Crippen molar-refractivity contribution in [2.24, 2.45) is 0 Å². The van der Waals surface area contributed by atoms with Crippen LogP contribution in [0.4, 0.5) is 24.8 Å². The predicted molar refractivity (Wildman–Crippen MR) is 139 cm³/mol. The quantitative estimate of drug-likeness (QED) is 0.280. The van der Waals surface area contributed by atoms with E-state index in [9.17, 15) is 23.1 Å². The van der Waals surface area contributed by atoms with Crippen LogP contribution in [0.15, 0.2) is 36.7 Å². The van der Waals surface area contributed by atoms with E-state index in [0.29, 0.717) is 12.2 Å². The number of nitrogens with zero attached hydrogens (tertiary/aromatic N) is 6. The van der Waals surface area contributed by atoms with E-state index in [4.69, 9.17) is 4.74 Å². The van der Waals surface area contributed by atoms with Crippen LogP contribution in [0.5, 0.6) is 5.88 Å². The van der Waals surface area contributed by atoms with Crippen LogP contribution < -0.4 is 10.1 Å². The van der Waals surface area contributed by atoms with Crippen LogP contribution in [0.1, 0.15) is 27.2 Å². The summed E-state index contributed by atoms with van der Waals surface area (Å²) in [4.78, 5) is 27.1.